The second-order valence-corrected chi connectivity index (χ2v) is 6.76. The van der Waals surface area contributed by atoms with Crippen molar-refractivity contribution in [2.45, 2.75) is 52.6 Å². The van der Waals surface area contributed by atoms with Crippen molar-refractivity contribution in [1.29, 1.82) is 0 Å². The van der Waals surface area contributed by atoms with Gasteiger partial charge in [-0.2, -0.15) is 8.78 Å². The van der Waals surface area contributed by atoms with E-state index >= 15 is 0 Å². The maximum absolute atomic E-state index is 12.8. The molecule has 1 heterocycles. The molecular weight excluding hydrogens is 300 g/mol. The van der Waals surface area contributed by atoms with E-state index in [1.807, 2.05) is 0 Å². The standard InChI is InChI=1S/C16H27F2N5/c1-12(2)9-16(5-4-6-16)11-22-15(19-3)21-10-13-20-7-8-23(13)14(17)18/h7-8,12,14H,4-6,9-11H2,1-3H3,(H2,19,21,22). The minimum absolute atomic E-state index is 0.216. The van der Waals surface area contributed by atoms with Gasteiger partial charge in [0.1, 0.15) is 5.82 Å². The molecule has 2 rings (SSSR count). The maximum atomic E-state index is 12.8. The van der Waals surface area contributed by atoms with Crippen molar-refractivity contribution in [3.05, 3.63) is 18.2 Å². The van der Waals surface area contributed by atoms with Crippen LogP contribution in [0.25, 0.3) is 0 Å². The monoisotopic (exact) mass is 327 g/mol. The fraction of sp³-hybridized carbons (Fsp3) is 0.750. The number of guanidine groups is 1. The molecule has 23 heavy (non-hydrogen) atoms. The molecule has 1 aliphatic rings. The molecule has 0 aliphatic heterocycles. The van der Waals surface area contributed by atoms with Gasteiger partial charge in [0.15, 0.2) is 5.96 Å². The Morgan fingerprint density at radius 3 is 2.65 bits per heavy atom. The molecule has 1 aromatic rings. The van der Waals surface area contributed by atoms with E-state index in [4.69, 9.17) is 0 Å². The predicted molar refractivity (Wildman–Crippen MR) is 87.4 cm³/mol. The Kier molecular flexibility index (Phi) is 5.96. The summed E-state index contributed by atoms with van der Waals surface area (Å²) in [7, 11) is 1.69. The number of imidazole rings is 1. The Bertz CT molecular complexity index is 520. The van der Waals surface area contributed by atoms with Crippen molar-refractivity contribution in [2.75, 3.05) is 13.6 Å². The molecule has 1 aliphatic carbocycles. The quantitative estimate of drug-likeness (QED) is 0.597. The van der Waals surface area contributed by atoms with E-state index in [9.17, 15) is 8.78 Å². The normalized spacial score (nSPS) is 17.4. The van der Waals surface area contributed by atoms with Crippen LogP contribution < -0.4 is 10.6 Å². The number of aromatic nitrogens is 2. The van der Waals surface area contributed by atoms with Crippen LogP contribution in [0.4, 0.5) is 8.78 Å². The zero-order valence-corrected chi connectivity index (χ0v) is 14.1. The van der Waals surface area contributed by atoms with E-state index in [0.29, 0.717) is 23.1 Å². The van der Waals surface area contributed by atoms with Crippen molar-refractivity contribution >= 4 is 5.96 Å². The lowest BCUT2D eigenvalue weighted by Gasteiger charge is -2.43. The SMILES string of the molecule is CN=C(NCc1nccn1C(F)F)NCC1(CC(C)C)CCC1. The Hall–Kier alpha value is -1.66. The lowest BCUT2D eigenvalue weighted by atomic mass is 9.64. The molecule has 1 fully saturated rings. The molecule has 0 radical (unpaired) electrons. The van der Waals surface area contributed by atoms with Crippen LogP contribution in [0.2, 0.25) is 0 Å². The first-order chi connectivity index (χ1) is 11.0. The zero-order chi connectivity index (χ0) is 16.9. The van der Waals surface area contributed by atoms with Crippen molar-refractivity contribution in [3.8, 4) is 0 Å². The van der Waals surface area contributed by atoms with Crippen molar-refractivity contribution < 1.29 is 8.78 Å². The number of nitrogens with one attached hydrogen (secondary N) is 2. The first-order valence-corrected chi connectivity index (χ1v) is 8.20. The third-order valence-corrected chi connectivity index (χ3v) is 4.48. The van der Waals surface area contributed by atoms with E-state index in [0.717, 1.165) is 11.1 Å². The van der Waals surface area contributed by atoms with Gasteiger partial charge in [-0.15, -0.1) is 0 Å². The van der Waals surface area contributed by atoms with Gasteiger partial charge in [0.05, 0.1) is 6.54 Å². The highest BCUT2D eigenvalue weighted by Crippen LogP contribution is 2.45. The average molecular weight is 327 g/mol. The first kappa shape index (κ1) is 17.7. The number of nitrogens with zero attached hydrogens (tertiary/aromatic N) is 3. The molecule has 0 aromatic carbocycles. The van der Waals surface area contributed by atoms with Gasteiger partial charge in [-0.05, 0) is 30.6 Å². The summed E-state index contributed by atoms with van der Waals surface area (Å²) in [4.78, 5) is 8.13. The van der Waals surface area contributed by atoms with Crippen LogP contribution >= 0.6 is 0 Å². The van der Waals surface area contributed by atoms with Crippen LogP contribution in [0, 0.1) is 11.3 Å². The van der Waals surface area contributed by atoms with Crippen LogP contribution in [-0.2, 0) is 6.54 Å². The van der Waals surface area contributed by atoms with Gasteiger partial charge < -0.3 is 10.6 Å². The number of hydrogen-bond acceptors (Lipinski definition) is 2. The highest BCUT2D eigenvalue weighted by atomic mass is 19.3. The van der Waals surface area contributed by atoms with Crippen molar-refractivity contribution in [3.63, 3.8) is 0 Å². The molecule has 0 spiro atoms. The van der Waals surface area contributed by atoms with Gasteiger partial charge in [0, 0.05) is 26.0 Å². The van der Waals surface area contributed by atoms with Crippen LogP contribution in [0.3, 0.4) is 0 Å². The largest absolute Gasteiger partial charge is 0.356 e. The minimum atomic E-state index is -2.58. The molecule has 5 nitrogen and oxygen atoms in total. The molecule has 1 aromatic heterocycles. The van der Waals surface area contributed by atoms with Crippen LogP contribution in [0.1, 0.15) is 51.9 Å². The molecule has 1 saturated carbocycles. The molecule has 2 N–H and O–H groups in total. The molecule has 130 valence electrons. The number of halogens is 2. The van der Waals surface area contributed by atoms with Gasteiger partial charge in [-0.3, -0.25) is 9.56 Å². The fourth-order valence-electron chi connectivity index (χ4n) is 3.31. The highest BCUT2D eigenvalue weighted by molar-refractivity contribution is 5.79. The van der Waals surface area contributed by atoms with Crippen LogP contribution in [-0.4, -0.2) is 29.1 Å². The summed E-state index contributed by atoms with van der Waals surface area (Å²) < 4.78 is 26.4. The van der Waals surface area contributed by atoms with Gasteiger partial charge >= 0.3 is 6.55 Å². The topological polar surface area (TPSA) is 54.2 Å². The van der Waals surface area contributed by atoms with E-state index in [-0.39, 0.29) is 6.54 Å². The molecule has 0 unspecified atom stereocenters. The van der Waals surface area contributed by atoms with Gasteiger partial charge in [0.25, 0.3) is 0 Å². The van der Waals surface area contributed by atoms with Gasteiger partial charge in [-0.1, -0.05) is 20.3 Å². The molecule has 0 saturated heterocycles. The summed E-state index contributed by atoms with van der Waals surface area (Å²) in [6.45, 7) is 3.00. The second-order valence-electron chi connectivity index (χ2n) is 6.76. The highest BCUT2D eigenvalue weighted by Gasteiger charge is 2.37. The summed E-state index contributed by atoms with van der Waals surface area (Å²) in [5.74, 6) is 1.60. The third-order valence-electron chi connectivity index (χ3n) is 4.48. The number of hydrogen-bond donors (Lipinski definition) is 2. The van der Waals surface area contributed by atoms with E-state index < -0.39 is 6.55 Å². The maximum Gasteiger partial charge on any atom is 0.319 e. The first-order valence-electron chi connectivity index (χ1n) is 8.20. The zero-order valence-electron chi connectivity index (χ0n) is 14.1. The lowest BCUT2D eigenvalue weighted by Crippen LogP contribution is -2.47. The average Bonchev–Trinajstić information content (AvgIpc) is 2.92. The number of rotatable bonds is 7. The predicted octanol–water partition coefficient (Wildman–Crippen LogP) is 3.16. The Labute approximate surface area is 136 Å². The Morgan fingerprint density at radius 2 is 2.13 bits per heavy atom. The van der Waals surface area contributed by atoms with Crippen molar-refractivity contribution in [2.24, 2.45) is 16.3 Å². The van der Waals surface area contributed by atoms with Crippen molar-refractivity contribution in [1.82, 2.24) is 20.2 Å². The molecule has 0 bridgehead atoms. The molecular formula is C16H27F2N5. The van der Waals surface area contributed by atoms with Gasteiger partial charge in [0.2, 0.25) is 0 Å². The summed E-state index contributed by atoms with van der Waals surface area (Å²) in [6, 6.07) is 0. The van der Waals surface area contributed by atoms with E-state index in [1.54, 1.807) is 7.05 Å². The second kappa shape index (κ2) is 7.75. The number of aliphatic imine (C=N–C) groups is 1. The lowest BCUT2D eigenvalue weighted by molar-refractivity contribution is 0.0668. The van der Waals surface area contributed by atoms with Crippen LogP contribution in [0.5, 0.6) is 0 Å². The molecule has 7 heteroatoms. The molecule has 0 atom stereocenters. The summed E-state index contributed by atoms with van der Waals surface area (Å²) in [5, 5.41) is 6.41. The van der Waals surface area contributed by atoms with Gasteiger partial charge in [-0.25, -0.2) is 4.98 Å². The number of alkyl halides is 2. The van der Waals surface area contributed by atoms with E-state index in [2.05, 4.69) is 34.5 Å². The van der Waals surface area contributed by atoms with E-state index in [1.165, 1.54) is 38.1 Å². The Morgan fingerprint density at radius 1 is 1.39 bits per heavy atom. The fourth-order valence-corrected chi connectivity index (χ4v) is 3.31. The summed E-state index contributed by atoms with van der Waals surface area (Å²) >= 11 is 0. The minimum Gasteiger partial charge on any atom is -0.356 e. The Balaban J connectivity index is 1.85. The molecule has 0 amide bonds. The summed E-state index contributed by atoms with van der Waals surface area (Å²) in [6.07, 6.45) is 7.63. The van der Waals surface area contributed by atoms with Crippen LogP contribution in [0.15, 0.2) is 17.4 Å². The summed E-state index contributed by atoms with van der Waals surface area (Å²) in [5.41, 5.74) is 0.354. The third kappa shape index (κ3) is 4.65. The smallest absolute Gasteiger partial charge is 0.319 e.